The summed E-state index contributed by atoms with van der Waals surface area (Å²) in [5, 5.41) is 11.5. The molecule has 2 atom stereocenters. The molecule has 0 spiro atoms. The Balaban J connectivity index is 1.60. The molecule has 2 heterocycles. The van der Waals surface area contributed by atoms with Crippen LogP contribution in [-0.2, 0) is 22.4 Å². The van der Waals surface area contributed by atoms with Gasteiger partial charge in [-0.3, -0.25) is 9.59 Å². The van der Waals surface area contributed by atoms with Crippen molar-refractivity contribution in [2.24, 2.45) is 0 Å². The predicted molar refractivity (Wildman–Crippen MR) is 148 cm³/mol. The second kappa shape index (κ2) is 11.2. The highest BCUT2D eigenvalue weighted by molar-refractivity contribution is 6.46. The van der Waals surface area contributed by atoms with E-state index in [-0.39, 0.29) is 17.4 Å². The summed E-state index contributed by atoms with van der Waals surface area (Å²) in [5.41, 5.74) is 3.21. The Bertz CT molecular complexity index is 1410. The molecule has 7 heteroatoms. The van der Waals surface area contributed by atoms with Gasteiger partial charge in [0.25, 0.3) is 11.7 Å². The number of carbonyl (C=O) groups is 2. The highest BCUT2D eigenvalue weighted by Crippen LogP contribution is 2.43. The number of amides is 1. The first-order valence-electron chi connectivity index (χ1n) is 13.4. The molecule has 2 aliphatic heterocycles. The van der Waals surface area contributed by atoms with Crippen LogP contribution in [-0.4, -0.2) is 47.6 Å². The molecule has 3 aromatic carbocycles. The molecule has 0 saturated carbocycles. The molecule has 0 unspecified atom stereocenters. The number of benzene rings is 3. The van der Waals surface area contributed by atoms with E-state index in [1.807, 2.05) is 63.2 Å². The average Bonchev–Trinajstić information content (AvgIpc) is 3.44. The van der Waals surface area contributed by atoms with E-state index < -0.39 is 17.7 Å². The predicted octanol–water partition coefficient (Wildman–Crippen LogP) is 5.47. The lowest BCUT2D eigenvalue weighted by Gasteiger charge is -2.26. The Morgan fingerprint density at radius 1 is 0.974 bits per heavy atom. The Kier molecular flexibility index (Phi) is 7.59. The molecular weight excluding hydrogens is 494 g/mol. The second-order valence-corrected chi connectivity index (χ2v) is 9.76. The Morgan fingerprint density at radius 2 is 1.72 bits per heavy atom. The zero-order chi connectivity index (χ0) is 27.5. The zero-order valence-corrected chi connectivity index (χ0v) is 22.5. The van der Waals surface area contributed by atoms with Gasteiger partial charge in [0.05, 0.1) is 24.8 Å². The van der Waals surface area contributed by atoms with Gasteiger partial charge in [0, 0.05) is 18.5 Å². The summed E-state index contributed by atoms with van der Waals surface area (Å²) in [5.74, 6) is 0.331. The summed E-state index contributed by atoms with van der Waals surface area (Å²) in [4.78, 5) is 28.5. The van der Waals surface area contributed by atoms with E-state index in [1.165, 1.54) is 0 Å². The number of fused-ring (bicyclic) bond motifs is 1. The Morgan fingerprint density at radius 3 is 2.46 bits per heavy atom. The van der Waals surface area contributed by atoms with E-state index in [2.05, 4.69) is 0 Å². The largest absolute Gasteiger partial charge is 0.507 e. The van der Waals surface area contributed by atoms with Gasteiger partial charge in [-0.25, -0.2) is 0 Å². The maximum atomic E-state index is 13.5. The molecule has 39 heavy (non-hydrogen) atoms. The highest BCUT2D eigenvalue weighted by atomic mass is 16.5. The quantitative estimate of drug-likeness (QED) is 0.226. The van der Waals surface area contributed by atoms with Gasteiger partial charge in [0.1, 0.15) is 17.6 Å². The van der Waals surface area contributed by atoms with Crippen LogP contribution in [0.2, 0.25) is 0 Å². The van der Waals surface area contributed by atoms with Crippen LogP contribution in [0.25, 0.3) is 5.76 Å². The van der Waals surface area contributed by atoms with Gasteiger partial charge < -0.3 is 24.2 Å². The number of likely N-dealkylation sites (tertiary alicyclic amines) is 1. The topological polar surface area (TPSA) is 85.3 Å². The molecule has 0 radical (unpaired) electrons. The van der Waals surface area contributed by atoms with E-state index in [0.717, 1.165) is 16.9 Å². The summed E-state index contributed by atoms with van der Waals surface area (Å²) in [7, 11) is 0. The molecule has 0 aromatic heterocycles. The van der Waals surface area contributed by atoms with Gasteiger partial charge in [0.2, 0.25) is 0 Å². The van der Waals surface area contributed by atoms with Gasteiger partial charge in [-0.05, 0) is 74.2 Å². The maximum absolute atomic E-state index is 13.5. The number of nitrogens with zero attached hydrogens (tertiary/aromatic N) is 1. The van der Waals surface area contributed by atoms with Crippen LogP contribution < -0.4 is 14.2 Å². The van der Waals surface area contributed by atoms with Crippen LogP contribution in [0.4, 0.5) is 0 Å². The number of carbonyl (C=O) groups excluding carboxylic acids is 2. The molecule has 202 valence electrons. The smallest absolute Gasteiger partial charge is 0.295 e. The number of ketones is 1. The van der Waals surface area contributed by atoms with E-state index in [9.17, 15) is 14.7 Å². The van der Waals surface area contributed by atoms with Gasteiger partial charge in [-0.2, -0.15) is 0 Å². The third-order valence-electron chi connectivity index (χ3n) is 7.08. The molecule has 7 nitrogen and oxygen atoms in total. The van der Waals surface area contributed by atoms with Crippen LogP contribution in [0.5, 0.6) is 17.2 Å². The molecule has 1 N–H and O–H groups in total. The van der Waals surface area contributed by atoms with Crippen molar-refractivity contribution < 1.29 is 28.9 Å². The molecule has 1 fully saturated rings. The van der Waals surface area contributed by atoms with E-state index in [1.54, 1.807) is 29.2 Å². The third-order valence-corrected chi connectivity index (χ3v) is 7.08. The molecule has 5 rings (SSSR count). The monoisotopic (exact) mass is 527 g/mol. The number of Topliss-reactive ketones (excluding diaryl/α,β-unsaturated/α-hetero) is 1. The lowest BCUT2D eigenvalue weighted by Crippen LogP contribution is -2.31. The van der Waals surface area contributed by atoms with Crippen LogP contribution in [0.1, 0.15) is 49.1 Å². The van der Waals surface area contributed by atoms with Crippen LogP contribution in [0, 0.1) is 0 Å². The fourth-order valence-corrected chi connectivity index (χ4v) is 5.31. The first-order chi connectivity index (χ1) is 18.9. The highest BCUT2D eigenvalue weighted by Gasteiger charge is 2.46. The number of aliphatic hydroxyl groups is 1. The molecule has 1 saturated heterocycles. The minimum Gasteiger partial charge on any atom is -0.507 e. The van der Waals surface area contributed by atoms with Gasteiger partial charge in [-0.15, -0.1) is 0 Å². The van der Waals surface area contributed by atoms with E-state index >= 15 is 0 Å². The molecule has 2 aliphatic rings. The van der Waals surface area contributed by atoms with Crippen LogP contribution >= 0.6 is 0 Å². The van der Waals surface area contributed by atoms with Gasteiger partial charge in [-0.1, -0.05) is 36.4 Å². The minimum atomic E-state index is -0.785. The average molecular weight is 528 g/mol. The number of hydrogen-bond acceptors (Lipinski definition) is 6. The summed E-state index contributed by atoms with van der Waals surface area (Å²) in [6, 6.07) is 19.8. The van der Waals surface area contributed by atoms with Crippen molar-refractivity contribution in [3.05, 3.63) is 94.6 Å². The fourth-order valence-electron chi connectivity index (χ4n) is 5.31. The lowest BCUT2D eigenvalue weighted by molar-refractivity contribution is -0.139. The summed E-state index contributed by atoms with van der Waals surface area (Å²) < 4.78 is 17.4. The Labute approximate surface area is 228 Å². The van der Waals surface area contributed by atoms with Crippen molar-refractivity contribution in [1.29, 1.82) is 0 Å². The SMILES string of the molecule is CCOc1ccc([C@H]2C(=C(O)c3ccc4c(c3)C[C@H](C)O4)C(=O)C(=O)N2CCc2ccccc2)cc1OCC. The normalized spacial score (nSPS) is 19.6. The fraction of sp³-hybridized carbons (Fsp3) is 0.312. The minimum absolute atomic E-state index is 0.0433. The molecule has 3 aromatic rings. The van der Waals surface area contributed by atoms with Crippen molar-refractivity contribution in [2.45, 2.75) is 45.8 Å². The molecule has 1 amide bonds. The summed E-state index contributed by atoms with van der Waals surface area (Å²) in [6.07, 6.45) is 1.32. The van der Waals surface area contributed by atoms with Crippen LogP contribution in [0.15, 0.2) is 72.3 Å². The molecule has 0 bridgehead atoms. The van der Waals surface area contributed by atoms with Gasteiger partial charge >= 0.3 is 0 Å². The van der Waals surface area contributed by atoms with Crippen LogP contribution in [0.3, 0.4) is 0 Å². The maximum Gasteiger partial charge on any atom is 0.295 e. The second-order valence-electron chi connectivity index (χ2n) is 9.76. The number of aliphatic hydroxyl groups excluding tert-OH is 1. The summed E-state index contributed by atoms with van der Waals surface area (Å²) >= 11 is 0. The zero-order valence-electron chi connectivity index (χ0n) is 22.5. The lowest BCUT2D eigenvalue weighted by atomic mass is 9.94. The first kappa shape index (κ1) is 26.4. The molecule has 0 aliphatic carbocycles. The number of hydrogen-bond donors (Lipinski definition) is 1. The van der Waals surface area contributed by atoms with Crippen molar-refractivity contribution in [2.75, 3.05) is 19.8 Å². The third kappa shape index (κ3) is 5.21. The van der Waals surface area contributed by atoms with Crippen molar-refractivity contribution in [3.63, 3.8) is 0 Å². The van der Waals surface area contributed by atoms with E-state index in [4.69, 9.17) is 14.2 Å². The molecular formula is C32H33NO6. The first-order valence-corrected chi connectivity index (χ1v) is 13.4. The Hall–Kier alpha value is -4.26. The number of ether oxygens (including phenoxy) is 3. The van der Waals surface area contributed by atoms with Crippen molar-refractivity contribution in [1.82, 2.24) is 4.90 Å². The number of rotatable bonds is 9. The van der Waals surface area contributed by atoms with Gasteiger partial charge in [0.15, 0.2) is 11.5 Å². The van der Waals surface area contributed by atoms with Crippen molar-refractivity contribution >= 4 is 17.4 Å². The standard InChI is InChI=1S/C32H33NO6/c1-4-37-26-14-11-22(19-27(26)38-5-2)29-28(30(34)23-12-13-25-24(18-23)17-20(3)39-25)31(35)32(36)33(29)16-15-21-9-7-6-8-10-21/h6-14,18-20,29,34H,4-5,15-17H2,1-3H3/t20-,29-/m0/s1. The van der Waals surface area contributed by atoms with E-state index in [0.29, 0.717) is 55.2 Å². The van der Waals surface area contributed by atoms with Crippen molar-refractivity contribution in [3.8, 4) is 17.2 Å². The summed E-state index contributed by atoms with van der Waals surface area (Å²) in [6.45, 7) is 6.96.